The summed E-state index contributed by atoms with van der Waals surface area (Å²) in [5, 5.41) is 0. The Morgan fingerprint density at radius 1 is 0.724 bits per heavy atom. The second-order valence-corrected chi connectivity index (χ2v) is 19.3. The van der Waals surface area contributed by atoms with E-state index in [0.717, 1.165) is 11.8 Å². The third kappa shape index (κ3) is 11.8. The number of rotatable bonds is 6. The van der Waals surface area contributed by atoms with Crippen LogP contribution < -0.4 is 0 Å². The van der Waals surface area contributed by atoms with Gasteiger partial charge >= 0.3 is 0 Å². The van der Waals surface area contributed by atoms with Gasteiger partial charge in [-0.3, -0.25) is 0 Å². The molecule has 0 aromatic carbocycles. The van der Waals surface area contributed by atoms with Crippen LogP contribution in [0.15, 0.2) is 0 Å². The predicted molar refractivity (Wildman–Crippen MR) is 144 cm³/mol. The molecule has 2 aliphatic heterocycles. The fraction of sp³-hybridized carbons (Fsp3) is 0.963. The minimum absolute atomic E-state index is 0.449. The molecule has 2 saturated heterocycles. The van der Waals surface area contributed by atoms with Crippen LogP contribution in [0.25, 0.3) is 0 Å². The van der Waals surface area contributed by atoms with Gasteiger partial charge in [0.1, 0.15) is 0 Å². The summed E-state index contributed by atoms with van der Waals surface area (Å²) in [6.45, 7) is 18.4. The van der Waals surface area contributed by atoms with E-state index in [2.05, 4.69) is 61.7 Å². The number of hydrogen-bond acceptors (Lipinski definition) is 0. The zero-order valence-electron chi connectivity index (χ0n) is 21.7. The second-order valence-electron chi connectivity index (χ2n) is 12.6. The minimum Gasteiger partial charge on any atom is -0.112 e. The topological polar surface area (TPSA) is 0 Å². The molecule has 2 heterocycles. The van der Waals surface area contributed by atoms with Crippen molar-refractivity contribution in [2.75, 3.05) is 37.0 Å². The molecule has 29 heavy (non-hydrogen) atoms. The maximum atomic E-state index is 4.59. The molecule has 0 N–H and O–H groups in total. The molecule has 0 aromatic rings. The third-order valence-corrected chi connectivity index (χ3v) is 14.6. The summed E-state index contributed by atoms with van der Waals surface area (Å²) < 4.78 is 0. The van der Waals surface area contributed by atoms with Crippen molar-refractivity contribution in [3.63, 3.8) is 0 Å². The summed E-state index contributed by atoms with van der Waals surface area (Å²) in [6, 6.07) is 0. The maximum absolute atomic E-state index is 4.59. The Morgan fingerprint density at radius 2 is 1.17 bits per heavy atom. The van der Waals surface area contributed by atoms with Crippen molar-refractivity contribution in [1.82, 2.24) is 0 Å². The van der Waals surface area contributed by atoms with Crippen molar-refractivity contribution >= 4 is 21.1 Å². The van der Waals surface area contributed by atoms with E-state index < -0.39 is 6.89 Å². The van der Waals surface area contributed by atoms with Crippen LogP contribution in [0.2, 0.25) is 0 Å². The van der Waals surface area contributed by atoms with Crippen LogP contribution in [-0.2, 0) is 0 Å². The molecule has 0 amide bonds. The molecule has 0 aliphatic carbocycles. The van der Waals surface area contributed by atoms with E-state index in [1.54, 1.807) is 18.5 Å². The predicted octanol–water partition coefficient (Wildman–Crippen LogP) is 9.42. The van der Waals surface area contributed by atoms with E-state index in [9.17, 15) is 0 Å². The van der Waals surface area contributed by atoms with Crippen LogP contribution in [0.1, 0.15) is 107 Å². The van der Waals surface area contributed by atoms with E-state index in [1.165, 1.54) is 69.9 Å². The van der Waals surface area contributed by atoms with E-state index in [4.69, 9.17) is 0 Å². The molecule has 2 rings (SSSR count). The van der Waals surface area contributed by atoms with E-state index in [0.29, 0.717) is 18.8 Å². The first-order valence-electron chi connectivity index (χ1n) is 12.8. The quantitative estimate of drug-likeness (QED) is 0.359. The van der Waals surface area contributed by atoms with Crippen molar-refractivity contribution in [2.45, 2.75) is 107 Å². The lowest BCUT2D eigenvalue weighted by molar-refractivity contribution is 0.255. The lowest BCUT2D eigenvalue weighted by Gasteiger charge is -2.33. The monoisotopic (exact) mass is 442 g/mol. The van der Waals surface area contributed by atoms with Gasteiger partial charge in [0, 0.05) is 0 Å². The van der Waals surface area contributed by atoms with Gasteiger partial charge in [-0.25, -0.2) is 0 Å². The first kappa shape index (κ1) is 27.8. The normalized spacial score (nSPS) is 23.0. The van der Waals surface area contributed by atoms with Gasteiger partial charge in [-0.1, -0.05) is 68.2 Å². The Bertz CT molecular complexity index is 464. The largest absolute Gasteiger partial charge is 0.112 e. The molecule has 2 aliphatic rings. The van der Waals surface area contributed by atoms with Crippen LogP contribution in [0.3, 0.4) is 0 Å². The zero-order chi connectivity index (χ0) is 22.1. The fourth-order valence-corrected chi connectivity index (χ4v) is 10.5. The van der Waals surface area contributed by atoms with Gasteiger partial charge in [0.25, 0.3) is 0 Å². The Morgan fingerprint density at radius 3 is 1.66 bits per heavy atom. The third-order valence-electron chi connectivity index (χ3n) is 8.09. The van der Waals surface area contributed by atoms with Crippen molar-refractivity contribution in [3.8, 4) is 0 Å². The van der Waals surface area contributed by atoms with Gasteiger partial charge in [-0.2, -0.15) is 0 Å². The van der Waals surface area contributed by atoms with Gasteiger partial charge in [-0.05, 0) is 98.2 Å². The Labute approximate surface area is 187 Å². The summed E-state index contributed by atoms with van der Waals surface area (Å²) in [7, 11) is 0.449. The average molecular weight is 443 g/mol. The Balaban J connectivity index is 0.000000291. The van der Waals surface area contributed by atoms with E-state index in [1.807, 2.05) is 0 Å². The van der Waals surface area contributed by atoms with E-state index in [-0.39, 0.29) is 0 Å². The minimum atomic E-state index is -0.737. The highest BCUT2D eigenvalue weighted by Crippen LogP contribution is 2.51. The fourth-order valence-electron chi connectivity index (χ4n) is 4.30. The Kier molecular flexibility index (Phi) is 12.1. The highest BCUT2D eigenvalue weighted by molar-refractivity contribution is 7.73. The first-order chi connectivity index (χ1) is 13.3. The van der Waals surface area contributed by atoms with Gasteiger partial charge in [0.15, 0.2) is 0 Å². The molecule has 0 saturated carbocycles. The molecule has 2 heteroatoms. The molecular formula is C27H56P2. The van der Waals surface area contributed by atoms with Crippen molar-refractivity contribution in [1.29, 1.82) is 0 Å². The van der Waals surface area contributed by atoms with E-state index >= 15 is 0 Å². The number of hydrogen-bond donors (Lipinski definition) is 0. The van der Waals surface area contributed by atoms with Crippen molar-refractivity contribution in [3.05, 3.63) is 0 Å². The van der Waals surface area contributed by atoms with Gasteiger partial charge in [0.05, 0.1) is 0 Å². The molecule has 0 bridgehead atoms. The molecular weight excluding hydrogens is 386 g/mol. The molecule has 2 unspecified atom stereocenters. The Hall–Kier alpha value is 0.730. The summed E-state index contributed by atoms with van der Waals surface area (Å²) in [6.07, 6.45) is 25.5. The van der Waals surface area contributed by atoms with Gasteiger partial charge < -0.3 is 0 Å². The molecule has 0 nitrogen and oxygen atoms in total. The highest BCUT2D eigenvalue weighted by atomic mass is 31.2. The van der Waals surface area contributed by atoms with Crippen molar-refractivity contribution in [2.24, 2.45) is 22.7 Å². The van der Waals surface area contributed by atoms with Crippen LogP contribution in [-0.4, -0.2) is 43.3 Å². The molecule has 2 fully saturated rings. The highest BCUT2D eigenvalue weighted by Gasteiger charge is 2.24. The molecule has 0 radical (unpaired) electrons. The smallest absolute Gasteiger partial charge is 0.0323 e. The lowest BCUT2D eigenvalue weighted by atomic mass is 9.81. The first-order valence-corrected chi connectivity index (χ1v) is 17.2. The molecule has 174 valence electrons. The summed E-state index contributed by atoms with van der Waals surface area (Å²) in [5.74, 6) is 1.74. The molecule has 0 aromatic heterocycles. The maximum Gasteiger partial charge on any atom is -0.0323 e. The van der Waals surface area contributed by atoms with Crippen LogP contribution in [0, 0.1) is 22.7 Å². The summed E-state index contributed by atoms with van der Waals surface area (Å²) >= 11 is 0. The second kappa shape index (κ2) is 12.7. The van der Waals surface area contributed by atoms with Gasteiger partial charge in [-0.15, -0.1) is 21.1 Å². The molecule has 2 atom stereocenters. The van der Waals surface area contributed by atoms with Crippen LogP contribution >= 0.6 is 14.8 Å². The standard InChI is InChI=1S/C14H29P.C13H27P/c1-13(14(2,3)4)9-12-15(5)10-7-6-8-11-15;1-12(13(2,3)4)8-11-14-9-6-5-7-10-14/h13H,5-12H2,1-4H3;12H,5-11H2,1-4H3. The zero-order valence-corrected chi connectivity index (χ0v) is 23.4. The SMILES string of the molecule is C=P1(CCC(C)C(C)(C)C)CCCCC1.CC(CCP1CCCCC1)C(C)(C)C. The van der Waals surface area contributed by atoms with Crippen LogP contribution in [0.5, 0.6) is 0 Å². The molecule has 0 spiro atoms. The summed E-state index contributed by atoms with van der Waals surface area (Å²) in [5.41, 5.74) is 1.00. The lowest BCUT2D eigenvalue weighted by Crippen LogP contribution is -2.19. The van der Waals surface area contributed by atoms with Crippen molar-refractivity contribution < 1.29 is 0 Å². The van der Waals surface area contributed by atoms with Gasteiger partial charge in [0.2, 0.25) is 0 Å². The van der Waals surface area contributed by atoms with Crippen LogP contribution in [0.4, 0.5) is 0 Å². The summed E-state index contributed by atoms with van der Waals surface area (Å²) in [4.78, 5) is 0. The average Bonchev–Trinajstić information content (AvgIpc) is 2.64.